The average Bonchev–Trinajstić information content (AvgIpc) is 3.09. The molecule has 0 saturated heterocycles. The molecule has 25 heavy (non-hydrogen) atoms. The third-order valence-corrected chi connectivity index (χ3v) is 3.92. The van der Waals surface area contributed by atoms with E-state index in [1.54, 1.807) is 37.6 Å². The highest BCUT2D eigenvalue weighted by Gasteiger charge is 2.20. The van der Waals surface area contributed by atoms with Crippen LogP contribution in [0.3, 0.4) is 0 Å². The molecule has 6 heteroatoms. The van der Waals surface area contributed by atoms with Crippen LogP contribution in [-0.2, 0) is 0 Å². The Kier molecular flexibility index (Phi) is 4.57. The van der Waals surface area contributed by atoms with Crippen molar-refractivity contribution in [2.45, 2.75) is 6.04 Å². The zero-order valence-corrected chi connectivity index (χ0v) is 13.9. The highest BCUT2D eigenvalue weighted by Crippen LogP contribution is 2.29. The van der Waals surface area contributed by atoms with Gasteiger partial charge in [0.15, 0.2) is 0 Å². The summed E-state index contributed by atoms with van der Waals surface area (Å²) in [7, 11) is 3.06. The van der Waals surface area contributed by atoms with Crippen molar-refractivity contribution in [3.63, 3.8) is 0 Å². The van der Waals surface area contributed by atoms with Gasteiger partial charge in [-0.1, -0.05) is 6.07 Å². The summed E-state index contributed by atoms with van der Waals surface area (Å²) in [5.41, 5.74) is 1.96. The number of carbonyl (C=O) groups is 1. The van der Waals surface area contributed by atoms with Crippen LogP contribution >= 0.6 is 0 Å². The molecule has 0 aliphatic heterocycles. The van der Waals surface area contributed by atoms with Crippen LogP contribution in [0.15, 0.2) is 54.9 Å². The van der Waals surface area contributed by atoms with Gasteiger partial charge in [-0.25, -0.2) is 0 Å². The van der Waals surface area contributed by atoms with Crippen LogP contribution in [-0.4, -0.2) is 24.5 Å². The zero-order valence-electron chi connectivity index (χ0n) is 13.9. The van der Waals surface area contributed by atoms with E-state index in [-0.39, 0.29) is 5.91 Å². The van der Waals surface area contributed by atoms with E-state index in [0.29, 0.717) is 22.6 Å². The minimum Gasteiger partial charge on any atom is -0.497 e. The fourth-order valence-corrected chi connectivity index (χ4v) is 2.63. The van der Waals surface area contributed by atoms with E-state index >= 15 is 0 Å². The Bertz CT molecular complexity index is 923. The van der Waals surface area contributed by atoms with Crippen molar-refractivity contribution in [3.8, 4) is 17.6 Å². The highest BCUT2D eigenvalue weighted by atomic mass is 16.5. The van der Waals surface area contributed by atoms with Crippen molar-refractivity contribution >= 4 is 11.4 Å². The van der Waals surface area contributed by atoms with Gasteiger partial charge in [-0.2, -0.15) is 5.26 Å². The second-order valence-electron chi connectivity index (χ2n) is 5.41. The number of rotatable bonds is 5. The van der Waals surface area contributed by atoms with Gasteiger partial charge in [0, 0.05) is 29.5 Å². The molecule has 3 rings (SSSR count). The minimum atomic E-state index is -0.837. The number of benzene rings is 1. The van der Waals surface area contributed by atoms with Crippen molar-refractivity contribution in [1.29, 1.82) is 5.26 Å². The molecule has 0 fully saturated rings. The SMILES string of the molecule is COc1ccc(C(C#N)NC(=O)c2cc3ccccn3c2)c(OC)c1. The van der Waals surface area contributed by atoms with Gasteiger partial charge in [0.25, 0.3) is 5.91 Å². The molecule has 0 saturated carbocycles. The number of fused-ring (bicyclic) bond motifs is 1. The predicted molar refractivity (Wildman–Crippen MR) is 92.8 cm³/mol. The van der Waals surface area contributed by atoms with Crippen LogP contribution in [0.2, 0.25) is 0 Å². The van der Waals surface area contributed by atoms with Crippen molar-refractivity contribution < 1.29 is 14.3 Å². The molecular formula is C19H17N3O3. The number of nitriles is 1. The third-order valence-electron chi connectivity index (χ3n) is 3.92. The van der Waals surface area contributed by atoms with Gasteiger partial charge >= 0.3 is 0 Å². The number of pyridine rings is 1. The Morgan fingerprint density at radius 1 is 1.20 bits per heavy atom. The number of ether oxygens (including phenoxy) is 2. The first-order valence-corrected chi connectivity index (χ1v) is 7.65. The van der Waals surface area contributed by atoms with Crippen molar-refractivity contribution in [2.24, 2.45) is 0 Å². The van der Waals surface area contributed by atoms with Crippen molar-refractivity contribution in [3.05, 3.63) is 66.0 Å². The number of methoxy groups -OCH3 is 2. The number of hydrogen-bond donors (Lipinski definition) is 1. The molecule has 0 aliphatic rings. The molecule has 0 bridgehead atoms. The third kappa shape index (κ3) is 3.26. The lowest BCUT2D eigenvalue weighted by Crippen LogP contribution is -2.27. The fraction of sp³-hybridized carbons (Fsp3) is 0.158. The normalized spacial score (nSPS) is 11.6. The van der Waals surface area contributed by atoms with Gasteiger partial charge < -0.3 is 19.2 Å². The molecular weight excluding hydrogens is 318 g/mol. The smallest absolute Gasteiger partial charge is 0.254 e. The molecule has 1 aromatic carbocycles. The Morgan fingerprint density at radius 3 is 2.72 bits per heavy atom. The molecule has 0 radical (unpaired) electrons. The number of nitrogens with one attached hydrogen (secondary N) is 1. The largest absolute Gasteiger partial charge is 0.497 e. The quantitative estimate of drug-likeness (QED) is 0.778. The van der Waals surface area contributed by atoms with E-state index in [1.165, 1.54) is 7.11 Å². The van der Waals surface area contributed by atoms with Crippen LogP contribution in [0.25, 0.3) is 5.52 Å². The van der Waals surface area contributed by atoms with E-state index in [2.05, 4.69) is 11.4 Å². The van der Waals surface area contributed by atoms with E-state index in [1.807, 2.05) is 28.8 Å². The summed E-state index contributed by atoms with van der Waals surface area (Å²) >= 11 is 0. The van der Waals surface area contributed by atoms with Gasteiger partial charge in [-0.15, -0.1) is 0 Å². The molecule has 126 valence electrons. The monoisotopic (exact) mass is 335 g/mol. The molecule has 6 nitrogen and oxygen atoms in total. The van der Waals surface area contributed by atoms with E-state index in [4.69, 9.17) is 9.47 Å². The molecule has 1 N–H and O–H groups in total. The Hall–Kier alpha value is -3.46. The average molecular weight is 335 g/mol. The number of hydrogen-bond acceptors (Lipinski definition) is 4. The number of aromatic nitrogens is 1. The van der Waals surface area contributed by atoms with Gasteiger partial charge in [-0.05, 0) is 30.3 Å². The van der Waals surface area contributed by atoms with Gasteiger partial charge in [0.05, 0.1) is 25.9 Å². The number of nitrogens with zero attached hydrogens (tertiary/aromatic N) is 2. The molecule has 1 unspecified atom stereocenters. The van der Waals surface area contributed by atoms with Crippen LogP contribution in [0.4, 0.5) is 0 Å². The maximum Gasteiger partial charge on any atom is 0.254 e. The molecule has 3 aromatic rings. The van der Waals surface area contributed by atoms with Crippen molar-refractivity contribution in [2.75, 3.05) is 14.2 Å². The molecule has 1 atom stereocenters. The summed E-state index contributed by atoms with van der Waals surface area (Å²) in [5.74, 6) is 0.767. The summed E-state index contributed by atoms with van der Waals surface area (Å²) in [5, 5.41) is 12.2. The van der Waals surface area contributed by atoms with Crippen LogP contribution in [0, 0.1) is 11.3 Å². The van der Waals surface area contributed by atoms with Crippen LogP contribution < -0.4 is 14.8 Å². The van der Waals surface area contributed by atoms with E-state index in [9.17, 15) is 10.1 Å². The maximum absolute atomic E-state index is 12.5. The van der Waals surface area contributed by atoms with Gasteiger partial charge in [0.1, 0.15) is 17.5 Å². The van der Waals surface area contributed by atoms with Crippen LogP contribution in [0.5, 0.6) is 11.5 Å². The number of carbonyl (C=O) groups excluding carboxylic acids is 1. The van der Waals surface area contributed by atoms with Gasteiger partial charge in [-0.3, -0.25) is 4.79 Å². The molecule has 0 spiro atoms. The molecule has 2 heterocycles. The van der Waals surface area contributed by atoms with Crippen LogP contribution in [0.1, 0.15) is 22.0 Å². The minimum absolute atomic E-state index is 0.326. The second kappa shape index (κ2) is 6.97. The highest BCUT2D eigenvalue weighted by molar-refractivity contribution is 5.96. The standard InChI is InChI=1S/C19H17N3O3/c1-24-15-6-7-16(18(10-15)25-2)17(11-20)21-19(23)13-9-14-5-3-4-8-22(14)12-13/h3-10,12,17H,1-2H3,(H,21,23). The molecule has 0 aliphatic carbocycles. The summed E-state index contributed by atoms with van der Waals surface area (Å²) < 4.78 is 12.3. The van der Waals surface area contributed by atoms with Crippen molar-refractivity contribution in [1.82, 2.24) is 9.72 Å². The summed E-state index contributed by atoms with van der Waals surface area (Å²) in [4.78, 5) is 12.5. The van der Waals surface area contributed by atoms with Gasteiger partial charge in [0.2, 0.25) is 0 Å². The first-order valence-electron chi connectivity index (χ1n) is 7.65. The topological polar surface area (TPSA) is 75.8 Å². The maximum atomic E-state index is 12.5. The lowest BCUT2D eigenvalue weighted by Gasteiger charge is -2.15. The first-order chi connectivity index (χ1) is 12.2. The first kappa shape index (κ1) is 16.4. The summed E-state index contributed by atoms with van der Waals surface area (Å²) in [6, 6.07) is 13.8. The molecule has 2 aromatic heterocycles. The van der Waals surface area contributed by atoms with E-state index < -0.39 is 6.04 Å². The lowest BCUT2D eigenvalue weighted by molar-refractivity contribution is 0.0945. The second-order valence-corrected chi connectivity index (χ2v) is 5.41. The summed E-state index contributed by atoms with van der Waals surface area (Å²) in [6.45, 7) is 0. The molecule has 1 amide bonds. The number of amides is 1. The zero-order chi connectivity index (χ0) is 17.8. The lowest BCUT2D eigenvalue weighted by atomic mass is 10.1. The Labute approximate surface area is 145 Å². The fourth-order valence-electron chi connectivity index (χ4n) is 2.63. The Morgan fingerprint density at radius 2 is 2.04 bits per heavy atom. The predicted octanol–water partition coefficient (Wildman–Crippen LogP) is 2.95. The van der Waals surface area contributed by atoms with E-state index in [0.717, 1.165) is 5.52 Å². The summed E-state index contributed by atoms with van der Waals surface area (Å²) in [6.07, 6.45) is 3.59. The Balaban J connectivity index is 1.87.